The van der Waals surface area contributed by atoms with Crippen LogP contribution < -0.4 is 4.74 Å². The van der Waals surface area contributed by atoms with Crippen LogP contribution in [0.1, 0.15) is 13.3 Å². The zero-order valence-corrected chi connectivity index (χ0v) is 13.4. The molecule has 0 heterocycles. The van der Waals surface area contributed by atoms with Gasteiger partial charge in [0.1, 0.15) is 5.75 Å². The van der Waals surface area contributed by atoms with Crippen LogP contribution in [0, 0.1) is 0 Å². The average molecular weight is 355 g/mol. The second-order valence-corrected chi connectivity index (χ2v) is 7.06. The Morgan fingerprint density at radius 3 is 2.35 bits per heavy atom. The van der Waals surface area contributed by atoms with Crippen molar-refractivity contribution < 1.29 is 13.2 Å². The predicted molar refractivity (Wildman–Crippen MR) is 81.8 cm³/mol. The fourth-order valence-corrected chi connectivity index (χ4v) is 3.67. The Hall–Kier alpha value is -1.33. The summed E-state index contributed by atoms with van der Waals surface area (Å²) in [6.07, 6.45) is 0.899. The molecule has 2 aromatic carbocycles. The molecule has 0 N–H and O–H groups in total. The van der Waals surface area contributed by atoms with E-state index in [0.29, 0.717) is 16.8 Å². The third kappa shape index (κ3) is 3.22. The summed E-state index contributed by atoms with van der Waals surface area (Å²) in [5.41, 5.74) is 0. The lowest BCUT2D eigenvalue weighted by Crippen LogP contribution is -2.02. The number of sulfone groups is 1. The highest BCUT2D eigenvalue weighted by molar-refractivity contribution is 9.10. The fraction of sp³-hybridized carbons (Fsp3) is 0.200. The van der Waals surface area contributed by atoms with Gasteiger partial charge in [-0.1, -0.05) is 25.1 Å². The summed E-state index contributed by atoms with van der Waals surface area (Å²) in [4.78, 5) is 0.536. The molecule has 0 aromatic heterocycles. The SMILES string of the molecule is CCCOc1ccc(S(=O)(=O)c2ccccc2)cc1Br. The number of rotatable bonds is 5. The highest BCUT2D eigenvalue weighted by Gasteiger charge is 2.18. The standard InChI is InChI=1S/C15H15BrO3S/c1-2-10-19-15-9-8-13(11-14(15)16)20(17,18)12-6-4-3-5-7-12/h3-9,11H,2,10H2,1H3. The summed E-state index contributed by atoms with van der Waals surface area (Å²) in [5.74, 6) is 0.652. The first-order valence-electron chi connectivity index (χ1n) is 6.28. The quantitative estimate of drug-likeness (QED) is 0.812. The van der Waals surface area contributed by atoms with E-state index in [1.54, 1.807) is 48.5 Å². The Balaban J connectivity index is 2.37. The van der Waals surface area contributed by atoms with Gasteiger partial charge in [0, 0.05) is 0 Å². The minimum absolute atomic E-state index is 0.249. The molecule has 0 unspecified atom stereocenters. The molecular formula is C15H15BrO3S. The van der Waals surface area contributed by atoms with Crippen LogP contribution in [-0.4, -0.2) is 15.0 Å². The molecular weight excluding hydrogens is 340 g/mol. The van der Waals surface area contributed by atoms with Gasteiger partial charge in [-0.3, -0.25) is 0 Å². The van der Waals surface area contributed by atoms with E-state index < -0.39 is 9.84 Å². The third-order valence-corrected chi connectivity index (χ3v) is 5.12. The summed E-state index contributed by atoms with van der Waals surface area (Å²) in [5, 5.41) is 0. The molecule has 0 aliphatic carbocycles. The molecule has 0 fully saturated rings. The lowest BCUT2D eigenvalue weighted by molar-refractivity contribution is 0.315. The molecule has 3 nitrogen and oxygen atoms in total. The maximum Gasteiger partial charge on any atom is 0.206 e. The zero-order chi connectivity index (χ0) is 14.6. The van der Waals surface area contributed by atoms with Crippen molar-refractivity contribution in [2.75, 3.05) is 6.61 Å². The predicted octanol–water partition coefficient (Wildman–Crippen LogP) is 4.07. The summed E-state index contributed by atoms with van der Waals surface area (Å²) in [6.45, 7) is 2.62. The van der Waals surface area contributed by atoms with Crippen LogP contribution in [0.25, 0.3) is 0 Å². The van der Waals surface area contributed by atoms with Crippen LogP contribution in [0.2, 0.25) is 0 Å². The van der Waals surface area contributed by atoms with E-state index >= 15 is 0 Å². The minimum Gasteiger partial charge on any atom is -0.492 e. The minimum atomic E-state index is -3.48. The molecule has 0 aliphatic rings. The molecule has 0 atom stereocenters. The first-order chi connectivity index (χ1) is 9.55. The Morgan fingerprint density at radius 1 is 1.05 bits per heavy atom. The maximum absolute atomic E-state index is 12.4. The fourth-order valence-electron chi connectivity index (χ4n) is 1.71. The van der Waals surface area contributed by atoms with Crippen LogP contribution in [0.5, 0.6) is 5.75 Å². The number of ether oxygens (including phenoxy) is 1. The van der Waals surface area contributed by atoms with Gasteiger partial charge in [-0.05, 0) is 52.7 Å². The molecule has 0 aliphatic heterocycles. The van der Waals surface area contributed by atoms with Crippen LogP contribution >= 0.6 is 15.9 Å². The number of hydrogen-bond acceptors (Lipinski definition) is 3. The highest BCUT2D eigenvalue weighted by Crippen LogP contribution is 2.30. The van der Waals surface area contributed by atoms with Crippen molar-refractivity contribution in [3.63, 3.8) is 0 Å². The number of hydrogen-bond donors (Lipinski definition) is 0. The molecule has 0 spiro atoms. The molecule has 0 amide bonds. The molecule has 0 radical (unpaired) electrons. The van der Waals surface area contributed by atoms with Gasteiger partial charge in [-0.2, -0.15) is 0 Å². The van der Waals surface area contributed by atoms with Gasteiger partial charge in [0.05, 0.1) is 20.9 Å². The van der Waals surface area contributed by atoms with Gasteiger partial charge in [0.15, 0.2) is 0 Å². The van der Waals surface area contributed by atoms with Crippen molar-refractivity contribution in [3.05, 3.63) is 53.0 Å². The molecule has 0 saturated heterocycles. The Morgan fingerprint density at radius 2 is 1.75 bits per heavy atom. The molecule has 0 saturated carbocycles. The molecule has 2 aromatic rings. The first kappa shape index (κ1) is 15.1. The van der Waals surface area contributed by atoms with Gasteiger partial charge in [-0.15, -0.1) is 0 Å². The average Bonchev–Trinajstić information content (AvgIpc) is 2.47. The Bertz CT molecular complexity index is 682. The van der Waals surface area contributed by atoms with E-state index in [1.165, 1.54) is 0 Å². The van der Waals surface area contributed by atoms with Crippen molar-refractivity contribution in [1.82, 2.24) is 0 Å². The van der Waals surface area contributed by atoms with Gasteiger partial charge in [-0.25, -0.2) is 8.42 Å². The second kappa shape index (κ2) is 6.41. The van der Waals surface area contributed by atoms with E-state index in [9.17, 15) is 8.42 Å². The monoisotopic (exact) mass is 354 g/mol. The molecule has 2 rings (SSSR count). The van der Waals surface area contributed by atoms with Crippen LogP contribution in [0.15, 0.2) is 62.8 Å². The lowest BCUT2D eigenvalue weighted by Gasteiger charge is -2.09. The van der Waals surface area contributed by atoms with E-state index in [-0.39, 0.29) is 9.79 Å². The van der Waals surface area contributed by atoms with Crippen molar-refractivity contribution in [2.45, 2.75) is 23.1 Å². The highest BCUT2D eigenvalue weighted by atomic mass is 79.9. The second-order valence-electron chi connectivity index (χ2n) is 4.26. The maximum atomic E-state index is 12.4. The molecule has 106 valence electrons. The van der Waals surface area contributed by atoms with E-state index in [4.69, 9.17) is 4.74 Å². The summed E-state index contributed by atoms with van der Waals surface area (Å²) in [7, 11) is -3.48. The lowest BCUT2D eigenvalue weighted by atomic mass is 10.3. The van der Waals surface area contributed by atoms with Gasteiger partial charge in [0.25, 0.3) is 0 Å². The van der Waals surface area contributed by atoms with Gasteiger partial charge in [0.2, 0.25) is 9.84 Å². The van der Waals surface area contributed by atoms with Crippen molar-refractivity contribution in [1.29, 1.82) is 0 Å². The third-order valence-electron chi connectivity index (χ3n) is 2.73. The smallest absolute Gasteiger partial charge is 0.206 e. The van der Waals surface area contributed by atoms with E-state index in [1.807, 2.05) is 6.92 Å². The van der Waals surface area contributed by atoms with E-state index in [0.717, 1.165) is 6.42 Å². The molecule has 0 bridgehead atoms. The van der Waals surface area contributed by atoms with Crippen molar-refractivity contribution in [3.8, 4) is 5.75 Å². The van der Waals surface area contributed by atoms with Gasteiger partial charge < -0.3 is 4.74 Å². The van der Waals surface area contributed by atoms with E-state index in [2.05, 4.69) is 15.9 Å². The van der Waals surface area contributed by atoms with Crippen LogP contribution in [-0.2, 0) is 9.84 Å². The van der Waals surface area contributed by atoms with Gasteiger partial charge >= 0.3 is 0 Å². The number of halogens is 1. The van der Waals surface area contributed by atoms with Crippen molar-refractivity contribution >= 4 is 25.8 Å². The summed E-state index contributed by atoms with van der Waals surface area (Å²) >= 11 is 3.35. The molecule has 20 heavy (non-hydrogen) atoms. The first-order valence-corrected chi connectivity index (χ1v) is 8.56. The Labute approximate surface area is 127 Å². The normalized spacial score (nSPS) is 11.3. The summed E-state index contributed by atoms with van der Waals surface area (Å²) in [6, 6.07) is 13.2. The summed E-state index contributed by atoms with van der Waals surface area (Å²) < 4.78 is 31.1. The van der Waals surface area contributed by atoms with Crippen molar-refractivity contribution in [2.24, 2.45) is 0 Å². The number of benzene rings is 2. The topological polar surface area (TPSA) is 43.4 Å². The van der Waals surface area contributed by atoms with Crippen LogP contribution in [0.4, 0.5) is 0 Å². The Kier molecular flexibility index (Phi) is 4.83. The largest absolute Gasteiger partial charge is 0.492 e. The molecule has 5 heteroatoms. The van der Waals surface area contributed by atoms with Crippen LogP contribution in [0.3, 0.4) is 0 Å². The zero-order valence-electron chi connectivity index (χ0n) is 11.0.